The molecule has 0 radical (unpaired) electrons. The number of amides is 3. The van der Waals surface area contributed by atoms with E-state index in [0.717, 1.165) is 129 Å². The van der Waals surface area contributed by atoms with Gasteiger partial charge in [-0.2, -0.15) is 0 Å². The average Bonchev–Trinajstić information content (AvgIpc) is 4.08. The maximum Gasteiger partial charge on any atom is 0.290 e. The number of nitrogens with one attached hydrogen (secondary N) is 1. The van der Waals surface area contributed by atoms with Gasteiger partial charge in [0.1, 0.15) is 17.5 Å². The Kier molecular flexibility index (Phi) is 12.4. The number of likely N-dealkylation sites (tertiary alicyclic amines) is 1. The number of rotatable bonds is 11. The van der Waals surface area contributed by atoms with Crippen LogP contribution in [0.15, 0.2) is 53.6 Å². The molecule has 15 nitrogen and oxygen atoms in total. The summed E-state index contributed by atoms with van der Waals surface area (Å²) in [5, 5.41) is 10.8. The minimum Gasteiger partial charge on any atom is -0.496 e. The number of hydrogen-bond acceptors (Lipinski definition) is 11. The van der Waals surface area contributed by atoms with E-state index < -0.39 is 6.04 Å². The highest BCUT2D eigenvalue weighted by Gasteiger charge is 2.39. The van der Waals surface area contributed by atoms with Crippen LogP contribution in [0.2, 0.25) is 0 Å². The number of piperidine rings is 2. The molecule has 1 atom stereocenters. The first-order valence-electron chi connectivity index (χ1n) is 21.4. The molecule has 15 heteroatoms. The molecule has 6 heterocycles. The van der Waals surface area contributed by atoms with Crippen molar-refractivity contribution in [3.63, 3.8) is 0 Å². The monoisotopic (exact) mass is 833 g/mol. The molecule has 9 rings (SSSR count). The van der Waals surface area contributed by atoms with Crippen LogP contribution in [0.25, 0.3) is 21.9 Å². The molecule has 2 aromatic carbocycles. The van der Waals surface area contributed by atoms with Gasteiger partial charge in [-0.15, -0.1) is 0 Å². The summed E-state index contributed by atoms with van der Waals surface area (Å²) in [5.41, 5.74) is 6.61. The number of methoxy groups -OCH3 is 2. The van der Waals surface area contributed by atoms with Gasteiger partial charge < -0.3 is 28.9 Å². The number of aromatic nitrogens is 2. The number of benzene rings is 2. The number of pyridine rings is 2. The topological polar surface area (TPSA) is 167 Å². The molecule has 322 valence electrons. The van der Waals surface area contributed by atoms with Crippen molar-refractivity contribution in [2.24, 2.45) is 13.0 Å². The number of carbonyl (C=O) groups is 4. The second-order valence-corrected chi connectivity index (χ2v) is 16.9. The third kappa shape index (κ3) is 8.85. The minimum absolute atomic E-state index is 0.0515. The van der Waals surface area contributed by atoms with Crippen molar-refractivity contribution >= 4 is 40.7 Å². The predicted octanol–water partition coefficient (Wildman–Crippen LogP) is 4.38. The highest BCUT2D eigenvalue weighted by molar-refractivity contribution is 6.05. The molecule has 0 spiro atoms. The molecule has 4 aliphatic heterocycles. The lowest BCUT2D eigenvalue weighted by molar-refractivity contribution is -0.137. The summed E-state index contributed by atoms with van der Waals surface area (Å²) >= 11 is 0. The largest absolute Gasteiger partial charge is 0.496 e. The third-order valence-electron chi connectivity index (χ3n) is 13.2. The Morgan fingerprint density at radius 1 is 0.852 bits per heavy atom. The Bertz CT molecular complexity index is 2350. The lowest BCUT2D eigenvalue weighted by atomic mass is 9.92. The van der Waals surface area contributed by atoms with E-state index in [0.29, 0.717) is 35.8 Å². The molecule has 1 aliphatic carbocycles. The fraction of sp³-hybridized carbons (Fsp3) is 0.478. The van der Waals surface area contributed by atoms with Gasteiger partial charge in [-0.1, -0.05) is 6.07 Å². The first-order valence-corrected chi connectivity index (χ1v) is 21.4. The Morgan fingerprint density at radius 3 is 2.21 bits per heavy atom. The highest BCUT2D eigenvalue weighted by atomic mass is 16.5. The summed E-state index contributed by atoms with van der Waals surface area (Å²) in [6, 6.07) is 11.8. The normalized spacial score (nSPS) is 20.0. The maximum atomic E-state index is 13.4. The fourth-order valence-electron chi connectivity index (χ4n) is 9.50. The molecular weight excluding hydrogens is 779 g/mol. The first-order chi connectivity index (χ1) is 29.6. The van der Waals surface area contributed by atoms with Crippen LogP contribution in [0.4, 0.5) is 5.69 Å². The Morgan fingerprint density at radius 2 is 1.56 bits per heavy atom. The quantitative estimate of drug-likeness (QED) is 0.162. The van der Waals surface area contributed by atoms with Gasteiger partial charge in [0, 0.05) is 93.6 Å². The highest BCUT2D eigenvalue weighted by Crippen LogP contribution is 2.42. The van der Waals surface area contributed by atoms with Gasteiger partial charge in [0.25, 0.3) is 17.9 Å². The Labute approximate surface area is 355 Å². The van der Waals surface area contributed by atoms with E-state index in [2.05, 4.69) is 49.3 Å². The number of nitrogens with zero attached hydrogens (tertiary/aromatic N) is 6. The SMILES string of the molecule is COc1cc(-c2cn(C)c(=O)c3cnc(C4CC4)cc23)cc(OC)c1CN1CCC(CCN2CCN(c3ccc4c(c3)C(=O)N(C3CCC(=O)NC3=O)C4)CC2)CC1.O=CO. The first kappa shape index (κ1) is 41.9. The summed E-state index contributed by atoms with van der Waals surface area (Å²) in [4.78, 5) is 72.6. The molecule has 1 saturated carbocycles. The summed E-state index contributed by atoms with van der Waals surface area (Å²) < 4.78 is 13.7. The Hall–Kier alpha value is -5.80. The van der Waals surface area contributed by atoms with Crippen molar-refractivity contribution in [3.8, 4) is 22.6 Å². The molecule has 2 N–H and O–H groups in total. The maximum absolute atomic E-state index is 13.4. The van der Waals surface area contributed by atoms with Crippen LogP contribution in [0.5, 0.6) is 11.5 Å². The summed E-state index contributed by atoms with van der Waals surface area (Å²) in [5.74, 6) is 1.96. The molecule has 5 aliphatic rings. The third-order valence-corrected chi connectivity index (χ3v) is 13.2. The van der Waals surface area contributed by atoms with E-state index in [9.17, 15) is 19.2 Å². The fourth-order valence-corrected chi connectivity index (χ4v) is 9.50. The number of fused-ring (bicyclic) bond motifs is 2. The molecule has 4 aromatic rings. The summed E-state index contributed by atoms with van der Waals surface area (Å²) in [7, 11) is 5.22. The van der Waals surface area contributed by atoms with Gasteiger partial charge >= 0.3 is 0 Å². The van der Waals surface area contributed by atoms with Crippen molar-refractivity contribution in [3.05, 3.63) is 81.5 Å². The van der Waals surface area contributed by atoms with Crippen LogP contribution in [-0.4, -0.2) is 120 Å². The zero-order valence-electron chi connectivity index (χ0n) is 35.2. The number of hydrogen-bond donors (Lipinski definition) is 2. The molecule has 2 aromatic heterocycles. The molecule has 3 saturated heterocycles. The second-order valence-electron chi connectivity index (χ2n) is 16.9. The molecule has 4 fully saturated rings. The number of piperazine rings is 1. The standard InChI is InChI=1S/C45H53N7O6.CH2O2/c1-48-26-36(34-23-38(29-4-5-29)46-24-35(34)44(48)55)31-20-40(57-2)37(41(21-31)58-3)27-50-14-11-28(12-15-50)10-13-49-16-18-51(19-17-49)32-7-6-30-25-52(45(56)33(30)22-32)39-8-9-42(53)47-43(39)54;2-1-3/h6-7,20-24,26,28-29,39H,4-5,8-19,25,27H2,1-3H3,(H,47,53,54);1H,(H,2,3). The number of anilines is 1. The smallest absolute Gasteiger partial charge is 0.290 e. The molecule has 0 bridgehead atoms. The molecule has 1 unspecified atom stereocenters. The van der Waals surface area contributed by atoms with E-state index in [4.69, 9.17) is 19.4 Å². The van der Waals surface area contributed by atoms with E-state index in [1.807, 2.05) is 18.3 Å². The summed E-state index contributed by atoms with van der Waals surface area (Å²) in [6.45, 7) is 7.80. The van der Waals surface area contributed by atoms with Crippen LogP contribution in [-0.2, 0) is 34.5 Å². The van der Waals surface area contributed by atoms with Crippen molar-refractivity contribution in [1.82, 2.24) is 29.6 Å². The number of aryl methyl sites for hydroxylation is 1. The number of carboxylic acid groups (broad SMARTS) is 1. The van der Waals surface area contributed by atoms with E-state index >= 15 is 0 Å². The molecule has 3 amide bonds. The van der Waals surface area contributed by atoms with Crippen molar-refractivity contribution < 1.29 is 33.8 Å². The van der Waals surface area contributed by atoms with Crippen LogP contribution >= 0.6 is 0 Å². The second kappa shape index (κ2) is 18.0. The van der Waals surface area contributed by atoms with Gasteiger partial charge in [-0.25, -0.2) is 0 Å². The summed E-state index contributed by atoms with van der Waals surface area (Å²) in [6.07, 6.45) is 10.1. The van der Waals surface area contributed by atoms with Gasteiger partial charge in [-0.3, -0.25) is 44.1 Å². The number of carbonyl (C=O) groups excluding carboxylic acids is 3. The van der Waals surface area contributed by atoms with Crippen molar-refractivity contribution in [2.45, 2.75) is 70.0 Å². The van der Waals surface area contributed by atoms with Crippen LogP contribution in [0.1, 0.15) is 78.0 Å². The Balaban J connectivity index is 0.00000166. The zero-order chi connectivity index (χ0) is 42.8. The van der Waals surface area contributed by atoms with Crippen LogP contribution < -0.4 is 25.2 Å². The zero-order valence-corrected chi connectivity index (χ0v) is 35.2. The number of imide groups is 1. The van der Waals surface area contributed by atoms with Gasteiger partial charge in [0.05, 0.1) is 25.2 Å². The van der Waals surface area contributed by atoms with Crippen molar-refractivity contribution in [2.75, 3.05) is 64.9 Å². The number of ether oxygens (including phenoxy) is 2. The van der Waals surface area contributed by atoms with Crippen molar-refractivity contribution in [1.29, 1.82) is 0 Å². The van der Waals surface area contributed by atoms with Crippen LogP contribution in [0.3, 0.4) is 0 Å². The minimum atomic E-state index is -0.595. The van der Waals surface area contributed by atoms with E-state index in [-0.39, 0.29) is 36.2 Å². The molecule has 61 heavy (non-hydrogen) atoms. The lowest BCUT2D eigenvalue weighted by Crippen LogP contribution is -2.52. The van der Waals surface area contributed by atoms with Gasteiger partial charge in [-0.05, 0) is 111 Å². The predicted molar refractivity (Wildman–Crippen MR) is 230 cm³/mol. The van der Waals surface area contributed by atoms with Crippen LogP contribution in [0, 0.1) is 5.92 Å². The van der Waals surface area contributed by atoms with E-state index in [1.165, 1.54) is 6.42 Å². The molecular formula is C46H55N7O8. The average molecular weight is 834 g/mol. The lowest BCUT2D eigenvalue weighted by Gasteiger charge is -2.38. The van der Waals surface area contributed by atoms with E-state index in [1.54, 1.807) is 36.9 Å². The van der Waals surface area contributed by atoms with Gasteiger partial charge in [0.2, 0.25) is 11.8 Å². The van der Waals surface area contributed by atoms with Gasteiger partial charge in [0.15, 0.2) is 0 Å².